The van der Waals surface area contributed by atoms with Gasteiger partial charge < -0.3 is 14.6 Å². The molecule has 0 aliphatic carbocycles. The summed E-state index contributed by atoms with van der Waals surface area (Å²) in [5, 5.41) is 8.89. The van der Waals surface area contributed by atoms with Crippen molar-refractivity contribution in [2.75, 3.05) is 26.9 Å². The van der Waals surface area contributed by atoms with Crippen molar-refractivity contribution in [3.05, 3.63) is 29.3 Å². The highest BCUT2D eigenvalue weighted by molar-refractivity contribution is 5.45. The molecule has 21 heavy (non-hydrogen) atoms. The Bertz CT molecular complexity index is 533. The molecule has 1 N–H and O–H groups in total. The molecule has 0 spiro atoms. The highest BCUT2D eigenvalue weighted by Gasteiger charge is 2.24. The van der Waals surface area contributed by atoms with Crippen LogP contribution in [0.3, 0.4) is 0 Å². The van der Waals surface area contributed by atoms with Crippen molar-refractivity contribution in [2.24, 2.45) is 0 Å². The standard InChI is InChI=1S/C17H23NO3/c1-13-12-21-14(2)10-18(13)11-16-9-17(20-3)7-6-15(16)5-4-8-19/h6-7,9,13-14,19H,8,10-12H2,1-3H3. The number of aliphatic hydroxyl groups is 1. The number of methoxy groups -OCH3 is 1. The summed E-state index contributed by atoms with van der Waals surface area (Å²) in [5.41, 5.74) is 2.06. The van der Waals surface area contributed by atoms with Gasteiger partial charge in [-0.2, -0.15) is 0 Å². The molecule has 114 valence electrons. The molecule has 0 radical (unpaired) electrons. The molecular formula is C17H23NO3. The summed E-state index contributed by atoms with van der Waals surface area (Å²) in [6.45, 7) is 6.61. The fourth-order valence-corrected chi connectivity index (χ4v) is 2.50. The summed E-state index contributed by atoms with van der Waals surface area (Å²) in [7, 11) is 1.66. The lowest BCUT2D eigenvalue weighted by atomic mass is 10.0. The molecule has 4 nitrogen and oxygen atoms in total. The van der Waals surface area contributed by atoms with Crippen molar-refractivity contribution in [3.63, 3.8) is 0 Å². The molecular weight excluding hydrogens is 266 g/mol. The Hall–Kier alpha value is -1.54. The summed E-state index contributed by atoms with van der Waals surface area (Å²) in [4.78, 5) is 2.40. The van der Waals surface area contributed by atoms with Crippen LogP contribution in [0.4, 0.5) is 0 Å². The number of hydrogen-bond acceptors (Lipinski definition) is 4. The first-order valence-corrected chi connectivity index (χ1v) is 7.26. The number of nitrogens with zero attached hydrogens (tertiary/aromatic N) is 1. The molecule has 2 unspecified atom stereocenters. The van der Waals surface area contributed by atoms with E-state index >= 15 is 0 Å². The molecule has 1 aromatic rings. The average Bonchev–Trinajstić information content (AvgIpc) is 2.49. The molecule has 0 aromatic heterocycles. The maximum absolute atomic E-state index is 8.89. The van der Waals surface area contributed by atoms with Crippen LogP contribution in [-0.4, -0.2) is 49.0 Å². The first-order chi connectivity index (χ1) is 10.1. The summed E-state index contributed by atoms with van der Waals surface area (Å²) < 4.78 is 11.0. The van der Waals surface area contributed by atoms with Gasteiger partial charge in [0.25, 0.3) is 0 Å². The maximum Gasteiger partial charge on any atom is 0.119 e. The number of benzene rings is 1. The minimum absolute atomic E-state index is 0.129. The molecule has 1 saturated heterocycles. The van der Waals surface area contributed by atoms with E-state index in [1.54, 1.807) is 7.11 Å². The number of hydrogen-bond donors (Lipinski definition) is 1. The Morgan fingerprint density at radius 2 is 2.24 bits per heavy atom. The summed E-state index contributed by atoms with van der Waals surface area (Å²) in [6, 6.07) is 6.25. The van der Waals surface area contributed by atoms with Gasteiger partial charge in [0.15, 0.2) is 0 Å². The highest BCUT2D eigenvalue weighted by Crippen LogP contribution is 2.21. The lowest BCUT2D eigenvalue weighted by Gasteiger charge is -2.37. The van der Waals surface area contributed by atoms with Gasteiger partial charge in [-0.05, 0) is 37.6 Å². The van der Waals surface area contributed by atoms with E-state index in [0.717, 1.165) is 36.6 Å². The van der Waals surface area contributed by atoms with Crippen LogP contribution in [0, 0.1) is 11.8 Å². The van der Waals surface area contributed by atoms with Gasteiger partial charge in [-0.15, -0.1) is 0 Å². The first kappa shape index (κ1) is 15.8. The van der Waals surface area contributed by atoms with Crippen molar-refractivity contribution >= 4 is 0 Å². The van der Waals surface area contributed by atoms with Gasteiger partial charge in [-0.25, -0.2) is 0 Å². The zero-order valence-corrected chi connectivity index (χ0v) is 12.9. The lowest BCUT2D eigenvalue weighted by molar-refractivity contribution is -0.0527. The van der Waals surface area contributed by atoms with Crippen molar-refractivity contribution < 1.29 is 14.6 Å². The van der Waals surface area contributed by atoms with E-state index < -0.39 is 0 Å². The maximum atomic E-state index is 8.89. The molecule has 1 fully saturated rings. The van der Waals surface area contributed by atoms with Gasteiger partial charge in [0.1, 0.15) is 12.4 Å². The molecule has 0 saturated carbocycles. The van der Waals surface area contributed by atoms with E-state index in [-0.39, 0.29) is 12.7 Å². The molecule has 2 atom stereocenters. The molecule has 1 heterocycles. The van der Waals surface area contributed by atoms with Crippen LogP contribution in [0.5, 0.6) is 5.75 Å². The van der Waals surface area contributed by atoms with Gasteiger partial charge in [-0.3, -0.25) is 4.90 Å². The van der Waals surface area contributed by atoms with Crippen molar-refractivity contribution in [3.8, 4) is 17.6 Å². The topological polar surface area (TPSA) is 41.9 Å². The second kappa shape index (κ2) is 7.46. The third-order valence-electron chi connectivity index (χ3n) is 3.72. The fraction of sp³-hybridized carbons (Fsp3) is 0.529. The number of aliphatic hydroxyl groups excluding tert-OH is 1. The van der Waals surface area contributed by atoms with Crippen LogP contribution in [0.1, 0.15) is 25.0 Å². The van der Waals surface area contributed by atoms with E-state index in [4.69, 9.17) is 14.6 Å². The van der Waals surface area contributed by atoms with Gasteiger partial charge in [-0.1, -0.05) is 11.8 Å². The van der Waals surface area contributed by atoms with Crippen molar-refractivity contribution in [1.29, 1.82) is 0 Å². The molecule has 1 aliphatic rings. The number of rotatable bonds is 3. The number of ether oxygens (including phenoxy) is 2. The van der Waals surface area contributed by atoms with Gasteiger partial charge in [0.2, 0.25) is 0 Å². The molecule has 0 amide bonds. The van der Waals surface area contributed by atoms with Crippen LogP contribution in [0.2, 0.25) is 0 Å². The van der Waals surface area contributed by atoms with E-state index in [2.05, 4.69) is 30.6 Å². The second-order valence-electron chi connectivity index (χ2n) is 5.41. The van der Waals surface area contributed by atoms with Gasteiger partial charge >= 0.3 is 0 Å². The van der Waals surface area contributed by atoms with Gasteiger partial charge in [0, 0.05) is 24.7 Å². The van der Waals surface area contributed by atoms with Crippen molar-refractivity contribution in [1.82, 2.24) is 4.90 Å². The van der Waals surface area contributed by atoms with E-state index in [0.29, 0.717) is 6.04 Å². The third-order valence-corrected chi connectivity index (χ3v) is 3.72. The predicted molar refractivity (Wildman–Crippen MR) is 82.2 cm³/mol. The van der Waals surface area contributed by atoms with Crippen LogP contribution < -0.4 is 4.74 Å². The van der Waals surface area contributed by atoms with E-state index in [1.165, 1.54) is 0 Å². The fourth-order valence-electron chi connectivity index (χ4n) is 2.50. The van der Waals surface area contributed by atoms with Crippen LogP contribution >= 0.6 is 0 Å². The smallest absolute Gasteiger partial charge is 0.119 e. The molecule has 1 aliphatic heterocycles. The number of morpholine rings is 1. The molecule has 1 aromatic carbocycles. The Morgan fingerprint density at radius 1 is 1.43 bits per heavy atom. The zero-order chi connectivity index (χ0) is 15.2. The Balaban J connectivity index is 2.23. The van der Waals surface area contributed by atoms with E-state index in [9.17, 15) is 0 Å². The minimum atomic E-state index is -0.129. The molecule has 0 bridgehead atoms. The highest BCUT2D eigenvalue weighted by atomic mass is 16.5. The normalized spacial score (nSPS) is 22.5. The quantitative estimate of drug-likeness (QED) is 0.859. The third kappa shape index (κ3) is 4.21. The lowest BCUT2D eigenvalue weighted by Crippen LogP contribution is -2.46. The largest absolute Gasteiger partial charge is 0.497 e. The summed E-state index contributed by atoms with van der Waals surface area (Å²) in [5.74, 6) is 6.56. The monoisotopic (exact) mass is 289 g/mol. The Morgan fingerprint density at radius 3 is 2.95 bits per heavy atom. The SMILES string of the molecule is COc1ccc(C#CCO)c(CN2CC(C)OCC2C)c1. The van der Waals surface area contributed by atoms with Crippen molar-refractivity contribution in [2.45, 2.75) is 32.5 Å². The van der Waals surface area contributed by atoms with Crippen LogP contribution in [0.15, 0.2) is 18.2 Å². The first-order valence-electron chi connectivity index (χ1n) is 7.26. The molecule has 4 heteroatoms. The summed E-state index contributed by atoms with van der Waals surface area (Å²) >= 11 is 0. The minimum Gasteiger partial charge on any atom is -0.497 e. The summed E-state index contributed by atoms with van der Waals surface area (Å²) in [6.07, 6.45) is 0.249. The Labute approximate surface area is 126 Å². The average molecular weight is 289 g/mol. The molecule has 2 rings (SSSR count). The van der Waals surface area contributed by atoms with Crippen LogP contribution in [0.25, 0.3) is 0 Å². The Kier molecular flexibility index (Phi) is 5.63. The second-order valence-corrected chi connectivity index (χ2v) is 5.41. The predicted octanol–water partition coefficient (Wildman–Crippen LogP) is 1.65. The zero-order valence-electron chi connectivity index (χ0n) is 12.9. The van der Waals surface area contributed by atoms with Crippen LogP contribution in [-0.2, 0) is 11.3 Å². The van der Waals surface area contributed by atoms with E-state index in [1.807, 2.05) is 18.2 Å². The van der Waals surface area contributed by atoms with Gasteiger partial charge in [0.05, 0.1) is 19.8 Å².